The normalized spacial score (nSPS) is 23.3. The SMILES string of the molecule is COC1=CC(CSC2(Cl)Nc3ccccc3N2)(OC(F)(F)CF)NC=C1. The van der Waals surface area contributed by atoms with E-state index in [0.717, 1.165) is 23.1 Å². The second-order valence-electron chi connectivity index (χ2n) is 5.67. The fraction of sp³-hybridized carbons (Fsp3) is 0.375. The van der Waals surface area contributed by atoms with Gasteiger partial charge in [-0.2, -0.15) is 8.78 Å². The van der Waals surface area contributed by atoms with E-state index >= 15 is 0 Å². The number of methoxy groups -OCH3 is 1. The average molecular weight is 408 g/mol. The van der Waals surface area contributed by atoms with E-state index in [1.165, 1.54) is 25.5 Å². The third-order valence-electron chi connectivity index (χ3n) is 3.68. The molecule has 0 radical (unpaired) electrons. The summed E-state index contributed by atoms with van der Waals surface area (Å²) in [6, 6.07) is 7.35. The Balaban J connectivity index is 1.77. The van der Waals surface area contributed by atoms with Crippen LogP contribution in [0.2, 0.25) is 0 Å². The Kier molecular flexibility index (Phi) is 5.23. The number of allylic oxidation sites excluding steroid dienone is 1. The van der Waals surface area contributed by atoms with Crippen molar-refractivity contribution in [1.82, 2.24) is 5.32 Å². The first-order chi connectivity index (χ1) is 12.3. The maximum absolute atomic E-state index is 13.6. The highest BCUT2D eigenvalue weighted by molar-refractivity contribution is 8.02. The summed E-state index contributed by atoms with van der Waals surface area (Å²) in [5.74, 6) is 0.232. The summed E-state index contributed by atoms with van der Waals surface area (Å²) < 4.78 is 48.6. The molecule has 0 saturated heterocycles. The van der Waals surface area contributed by atoms with Gasteiger partial charge in [0.05, 0.1) is 24.2 Å². The van der Waals surface area contributed by atoms with Gasteiger partial charge in [0, 0.05) is 12.3 Å². The van der Waals surface area contributed by atoms with Gasteiger partial charge in [-0.25, -0.2) is 4.39 Å². The summed E-state index contributed by atoms with van der Waals surface area (Å²) in [4.78, 5) is 0. The molecule has 2 aliphatic heterocycles. The molecule has 0 spiro atoms. The van der Waals surface area contributed by atoms with Crippen molar-refractivity contribution >= 4 is 34.7 Å². The zero-order chi connectivity index (χ0) is 18.8. The molecule has 0 aromatic heterocycles. The Morgan fingerprint density at radius 2 is 1.88 bits per heavy atom. The second-order valence-corrected chi connectivity index (χ2v) is 7.65. The summed E-state index contributed by atoms with van der Waals surface area (Å²) in [7, 11) is 1.40. The Morgan fingerprint density at radius 3 is 2.46 bits per heavy atom. The number of hydrogen-bond donors (Lipinski definition) is 3. The number of benzene rings is 1. The van der Waals surface area contributed by atoms with Crippen LogP contribution in [0.1, 0.15) is 0 Å². The van der Waals surface area contributed by atoms with Gasteiger partial charge < -0.3 is 20.7 Å². The van der Waals surface area contributed by atoms with Crippen molar-refractivity contribution in [3.63, 3.8) is 0 Å². The Bertz CT molecular complexity index is 709. The molecule has 5 nitrogen and oxygen atoms in total. The number of para-hydroxylation sites is 2. The molecule has 3 rings (SSSR count). The van der Waals surface area contributed by atoms with Crippen LogP contribution in [0.5, 0.6) is 0 Å². The Labute approximate surface area is 157 Å². The number of nitrogens with one attached hydrogen (secondary N) is 3. The number of thioether (sulfide) groups is 1. The van der Waals surface area contributed by atoms with Crippen LogP contribution in [0.4, 0.5) is 24.5 Å². The van der Waals surface area contributed by atoms with Gasteiger partial charge in [0.15, 0.2) is 12.4 Å². The summed E-state index contributed by atoms with van der Waals surface area (Å²) in [5.41, 5.74) is -0.146. The molecule has 0 bridgehead atoms. The second kappa shape index (κ2) is 7.13. The zero-order valence-corrected chi connectivity index (χ0v) is 15.3. The van der Waals surface area contributed by atoms with Gasteiger partial charge in [0.1, 0.15) is 5.76 Å². The molecule has 1 aromatic carbocycles. The van der Waals surface area contributed by atoms with Crippen molar-refractivity contribution in [3.8, 4) is 0 Å². The van der Waals surface area contributed by atoms with E-state index in [1.807, 2.05) is 24.3 Å². The molecule has 26 heavy (non-hydrogen) atoms. The van der Waals surface area contributed by atoms with Crippen molar-refractivity contribution in [3.05, 3.63) is 48.4 Å². The molecule has 0 aliphatic carbocycles. The van der Waals surface area contributed by atoms with Crippen molar-refractivity contribution in [1.29, 1.82) is 0 Å². The number of hydrogen-bond acceptors (Lipinski definition) is 6. The first-order valence-corrected chi connectivity index (χ1v) is 8.98. The lowest BCUT2D eigenvalue weighted by Crippen LogP contribution is -2.53. The third-order valence-corrected chi connectivity index (χ3v) is 5.37. The quantitative estimate of drug-likeness (QED) is 0.468. The van der Waals surface area contributed by atoms with E-state index in [-0.39, 0.29) is 5.75 Å². The first-order valence-electron chi connectivity index (χ1n) is 7.62. The van der Waals surface area contributed by atoms with Crippen LogP contribution in [-0.4, -0.2) is 35.8 Å². The number of alkyl halides is 4. The van der Waals surface area contributed by atoms with E-state index in [4.69, 9.17) is 21.1 Å². The molecular weight excluding hydrogens is 391 g/mol. The zero-order valence-electron chi connectivity index (χ0n) is 13.7. The molecule has 1 atom stereocenters. The lowest BCUT2D eigenvalue weighted by molar-refractivity contribution is -0.289. The molecule has 0 saturated carbocycles. The van der Waals surface area contributed by atoms with E-state index in [0.29, 0.717) is 5.76 Å². The third kappa shape index (κ3) is 4.16. The van der Waals surface area contributed by atoms with Crippen molar-refractivity contribution in [2.45, 2.75) is 16.3 Å². The topological polar surface area (TPSA) is 54.5 Å². The van der Waals surface area contributed by atoms with E-state index < -0.39 is 23.0 Å². The van der Waals surface area contributed by atoms with Gasteiger partial charge in [0.25, 0.3) is 0 Å². The number of halogens is 4. The van der Waals surface area contributed by atoms with Crippen LogP contribution in [0.3, 0.4) is 0 Å². The highest BCUT2D eigenvalue weighted by Crippen LogP contribution is 2.44. The maximum Gasteiger partial charge on any atom is 0.386 e. The molecule has 1 aromatic rings. The van der Waals surface area contributed by atoms with Crippen LogP contribution in [0, 0.1) is 0 Å². The number of anilines is 2. The van der Waals surface area contributed by atoms with Gasteiger partial charge in [0.2, 0.25) is 4.45 Å². The minimum absolute atomic E-state index is 0.0721. The predicted octanol–water partition coefficient (Wildman–Crippen LogP) is 4.03. The smallest absolute Gasteiger partial charge is 0.386 e. The van der Waals surface area contributed by atoms with Crippen LogP contribution < -0.4 is 16.0 Å². The summed E-state index contributed by atoms with van der Waals surface area (Å²) in [5, 5.41) is 8.85. The summed E-state index contributed by atoms with van der Waals surface area (Å²) in [6.45, 7) is -1.95. The van der Waals surface area contributed by atoms with Crippen LogP contribution in [0.15, 0.2) is 48.4 Å². The minimum atomic E-state index is -3.97. The lowest BCUT2D eigenvalue weighted by atomic mass is 10.1. The standard InChI is InChI=1S/C16H17ClF3N3O2S/c1-24-11-6-7-21-14(8-11,25-15(19,20)9-18)10-26-16(17)22-12-4-2-3-5-13(12)23-16/h2-8,21-23H,9-10H2,1H3. The minimum Gasteiger partial charge on any atom is -0.497 e. The molecule has 0 amide bonds. The number of fused-ring (bicyclic) bond motifs is 1. The van der Waals surface area contributed by atoms with Crippen molar-refractivity contribution in [2.75, 3.05) is 30.2 Å². The molecule has 1 unspecified atom stereocenters. The van der Waals surface area contributed by atoms with Gasteiger partial charge in [-0.3, -0.25) is 4.74 Å². The van der Waals surface area contributed by atoms with Crippen LogP contribution in [0.25, 0.3) is 0 Å². The number of ether oxygens (including phenoxy) is 2. The fourth-order valence-corrected chi connectivity index (χ4v) is 3.90. The van der Waals surface area contributed by atoms with E-state index in [2.05, 4.69) is 16.0 Å². The van der Waals surface area contributed by atoms with E-state index in [9.17, 15) is 13.2 Å². The van der Waals surface area contributed by atoms with Gasteiger partial charge in [-0.15, -0.1) is 0 Å². The maximum atomic E-state index is 13.6. The average Bonchev–Trinajstić information content (AvgIpc) is 2.96. The monoisotopic (exact) mass is 407 g/mol. The molecular formula is C16H17ClF3N3O2S. The van der Waals surface area contributed by atoms with Crippen LogP contribution >= 0.6 is 23.4 Å². The Morgan fingerprint density at radius 1 is 1.23 bits per heavy atom. The van der Waals surface area contributed by atoms with Gasteiger partial charge >= 0.3 is 6.11 Å². The molecule has 0 fully saturated rings. The summed E-state index contributed by atoms with van der Waals surface area (Å²) >= 11 is 7.60. The number of dihydropyridines is 1. The largest absolute Gasteiger partial charge is 0.497 e. The van der Waals surface area contributed by atoms with Crippen molar-refractivity contribution in [2.24, 2.45) is 0 Å². The lowest BCUT2D eigenvalue weighted by Gasteiger charge is -2.37. The molecule has 2 aliphatic rings. The fourth-order valence-electron chi connectivity index (χ4n) is 2.53. The van der Waals surface area contributed by atoms with Gasteiger partial charge in [-0.05, 0) is 18.2 Å². The first kappa shape index (κ1) is 19.1. The summed E-state index contributed by atoms with van der Waals surface area (Å²) in [6.07, 6.45) is 0.302. The van der Waals surface area contributed by atoms with Gasteiger partial charge in [-0.1, -0.05) is 35.5 Å². The highest BCUT2D eigenvalue weighted by Gasteiger charge is 2.45. The Hall–Kier alpha value is -1.71. The van der Waals surface area contributed by atoms with E-state index in [1.54, 1.807) is 0 Å². The predicted molar refractivity (Wildman–Crippen MR) is 96.8 cm³/mol. The van der Waals surface area contributed by atoms with Crippen LogP contribution in [-0.2, 0) is 9.47 Å². The molecule has 10 heteroatoms. The molecule has 142 valence electrons. The number of rotatable bonds is 7. The molecule has 2 heterocycles. The van der Waals surface area contributed by atoms with Crippen molar-refractivity contribution < 1.29 is 22.6 Å². The molecule has 3 N–H and O–H groups in total. The highest BCUT2D eigenvalue weighted by atomic mass is 35.5.